The number of carbonyl (C=O) groups is 1. The summed E-state index contributed by atoms with van der Waals surface area (Å²) < 4.78 is 18.2. The summed E-state index contributed by atoms with van der Waals surface area (Å²) in [6.07, 6.45) is 0.0106. The van der Waals surface area contributed by atoms with Gasteiger partial charge in [-0.2, -0.15) is 0 Å². The van der Waals surface area contributed by atoms with Crippen LogP contribution in [-0.2, 0) is 11.2 Å². The Bertz CT molecular complexity index is 881. The van der Waals surface area contributed by atoms with E-state index in [0.29, 0.717) is 15.7 Å². The third kappa shape index (κ3) is 4.12. The predicted octanol–water partition coefficient (Wildman–Crippen LogP) is 5.40. The quantitative estimate of drug-likeness (QED) is 0.448. The number of hydrogen-bond acceptors (Lipinski definition) is 4. The highest BCUT2D eigenvalue weighted by molar-refractivity contribution is 7.13. The van der Waals surface area contributed by atoms with Gasteiger partial charge in [-0.25, -0.2) is 9.37 Å². The molecule has 3 rings (SSSR count). The molecule has 0 fully saturated rings. The van der Waals surface area contributed by atoms with Crippen LogP contribution in [-0.4, -0.2) is 11.0 Å². The molecule has 24 heavy (non-hydrogen) atoms. The van der Waals surface area contributed by atoms with E-state index in [0.717, 1.165) is 5.56 Å². The zero-order valence-electron chi connectivity index (χ0n) is 12.1. The minimum absolute atomic E-state index is 0.0106. The second kappa shape index (κ2) is 7.30. The zero-order valence-corrected chi connectivity index (χ0v) is 14.5. The fourth-order valence-electron chi connectivity index (χ4n) is 1.98. The van der Waals surface area contributed by atoms with E-state index in [1.807, 2.05) is 0 Å². The standard InChI is InChI=1S/C17H10Cl2FNO2S/c18-11-3-6-15(14(19)7-11)23-16(22)8-13-9-24-17(21-13)10-1-4-12(20)5-2-10/h1-7,9H,8H2. The molecule has 0 amide bonds. The number of thiazole rings is 1. The first-order valence-corrected chi connectivity index (χ1v) is 8.51. The fraction of sp³-hybridized carbons (Fsp3) is 0.0588. The largest absolute Gasteiger partial charge is 0.425 e. The summed E-state index contributed by atoms with van der Waals surface area (Å²) >= 11 is 13.1. The highest BCUT2D eigenvalue weighted by Crippen LogP contribution is 2.28. The van der Waals surface area contributed by atoms with Gasteiger partial charge < -0.3 is 4.74 Å². The number of esters is 1. The van der Waals surface area contributed by atoms with Gasteiger partial charge in [0.25, 0.3) is 0 Å². The van der Waals surface area contributed by atoms with Crippen LogP contribution < -0.4 is 4.74 Å². The highest BCUT2D eigenvalue weighted by Gasteiger charge is 2.13. The van der Waals surface area contributed by atoms with Gasteiger partial charge in [-0.15, -0.1) is 11.3 Å². The number of ether oxygens (including phenoxy) is 1. The summed E-state index contributed by atoms with van der Waals surface area (Å²) in [5.41, 5.74) is 1.37. The molecule has 122 valence electrons. The van der Waals surface area contributed by atoms with Crippen molar-refractivity contribution in [2.45, 2.75) is 6.42 Å². The van der Waals surface area contributed by atoms with Crippen LogP contribution in [0.3, 0.4) is 0 Å². The Kier molecular flexibility index (Phi) is 5.14. The van der Waals surface area contributed by atoms with Crippen molar-refractivity contribution in [3.63, 3.8) is 0 Å². The number of rotatable bonds is 4. The molecule has 3 aromatic rings. The lowest BCUT2D eigenvalue weighted by molar-refractivity contribution is -0.133. The van der Waals surface area contributed by atoms with Crippen molar-refractivity contribution in [2.24, 2.45) is 0 Å². The maximum atomic E-state index is 12.9. The Balaban J connectivity index is 1.68. The van der Waals surface area contributed by atoms with Crippen molar-refractivity contribution in [3.05, 3.63) is 69.4 Å². The van der Waals surface area contributed by atoms with Crippen molar-refractivity contribution >= 4 is 40.5 Å². The van der Waals surface area contributed by atoms with Crippen LogP contribution in [0.15, 0.2) is 47.8 Å². The van der Waals surface area contributed by atoms with E-state index in [9.17, 15) is 9.18 Å². The van der Waals surface area contributed by atoms with Gasteiger partial charge in [0.15, 0.2) is 0 Å². The number of benzene rings is 2. The maximum Gasteiger partial charge on any atom is 0.317 e. The summed E-state index contributed by atoms with van der Waals surface area (Å²) in [6.45, 7) is 0. The van der Waals surface area contributed by atoms with Crippen LogP contribution in [0.25, 0.3) is 10.6 Å². The number of aromatic nitrogens is 1. The molecule has 0 aliphatic rings. The van der Waals surface area contributed by atoms with E-state index < -0.39 is 5.97 Å². The molecule has 0 unspecified atom stereocenters. The fourth-order valence-corrected chi connectivity index (χ4v) is 3.25. The van der Waals surface area contributed by atoms with E-state index in [4.69, 9.17) is 27.9 Å². The lowest BCUT2D eigenvalue weighted by atomic mass is 10.2. The molecule has 0 N–H and O–H groups in total. The molecule has 0 bridgehead atoms. The van der Waals surface area contributed by atoms with E-state index >= 15 is 0 Å². The average molecular weight is 382 g/mol. The topological polar surface area (TPSA) is 39.2 Å². The monoisotopic (exact) mass is 381 g/mol. The van der Waals surface area contributed by atoms with Gasteiger partial charge >= 0.3 is 5.97 Å². The normalized spacial score (nSPS) is 10.6. The molecule has 1 heterocycles. The van der Waals surface area contributed by atoms with Crippen LogP contribution in [0, 0.1) is 5.82 Å². The second-order valence-electron chi connectivity index (χ2n) is 4.88. The molecule has 0 aliphatic carbocycles. The molecular weight excluding hydrogens is 372 g/mol. The molecule has 3 nitrogen and oxygen atoms in total. The number of halogens is 3. The number of nitrogens with zero attached hydrogens (tertiary/aromatic N) is 1. The second-order valence-corrected chi connectivity index (χ2v) is 6.58. The summed E-state index contributed by atoms with van der Waals surface area (Å²) in [5.74, 6) is -0.533. The van der Waals surface area contributed by atoms with Gasteiger partial charge in [0.2, 0.25) is 0 Å². The lowest BCUT2D eigenvalue weighted by Gasteiger charge is -2.05. The van der Waals surface area contributed by atoms with Gasteiger partial charge in [0, 0.05) is 16.0 Å². The van der Waals surface area contributed by atoms with Crippen molar-refractivity contribution < 1.29 is 13.9 Å². The summed E-state index contributed by atoms with van der Waals surface area (Å²) in [5, 5.41) is 3.20. The zero-order chi connectivity index (χ0) is 17.1. The Labute approximate surface area is 151 Å². The van der Waals surface area contributed by atoms with Gasteiger partial charge in [0.1, 0.15) is 16.6 Å². The molecule has 0 spiro atoms. The summed E-state index contributed by atoms with van der Waals surface area (Å²) in [6, 6.07) is 10.6. The SMILES string of the molecule is O=C(Cc1csc(-c2ccc(F)cc2)n1)Oc1ccc(Cl)cc1Cl. The first-order chi connectivity index (χ1) is 11.5. The van der Waals surface area contributed by atoms with Crippen molar-refractivity contribution in [1.82, 2.24) is 4.98 Å². The summed E-state index contributed by atoms with van der Waals surface area (Å²) in [7, 11) is 0. The van der Waals surface area contributed by atoms with Gasteiger partial charge in [0.05, 0.1) is 17.1 Å². The molecule has 1 aromatic heterocycles. The van der Waals surface area contributed by atoms with Crippen LogP contribution >= 0.6 is 34.5 Å². The summed E-state index contributed by atoms with van der Waals surface area (Å²) in [4.78, 5) is 16.4. The molecule has 2 aromatic carbocycles. The van der Waals surface area contributed by atoms with Crippen LogP contribution in [0.5, 0.6) is 5.75 Å². The maximum absolute atomic E-state index is 12.9. The van der Waals surface area contributed by atoms with Gasteiger partial charge in [-0.05, 0) is 42.5 Å². The first kappa shape index (κ1) is 16.9. The van der Waals surface area contributed by atoms with Crippen LogP contribution in [0.1, 0.15) is 5.69 Å². The van der Waals surface area contributed by atoms with Crippen LogP contribution in [0.2, 0.25) is 10.0 Å². The van der Waals surface area contributed by atoms with Crippen molar-refractivity contribution in [3.8, 4) is 16.3 Å². The smallest absolute Gasteiger partial charge is 0.317 e. The third-order valence-electron chi connectivity index (χ3n) is 3.09. The molecular formula is C17H10Cl2FNO2S. The number of hydrogen-bond donors (Lipinski definition) is 0. The molecule has 0 aliphatic heterocycles. The van der Waals surface area contributed by atoms with E-state index in [2.05, 4.69) is 4.98 Å². The van der Waals surface area contributed by atoms with E-state index in [1.165, 1.54) is 35.6 Å². The molecule has 0 saturated heterocycles. The minimum Gasteiger partial charge on any atom is -0.425 e. The third-order valence-corrected chi connectivity index (χ3v) is 4.56. The molecule has 7 heteroatoms. The first-order valence-electron chi connectivity index (χ1n) is 6.87. The van der Waals surface area contributed by atoms with Crippen LogP contribution in [0.4, 0.5) is 4.39 Å². The minimum atomic E-state index is -0.477. The predicted molar refractivity (Wildman–Crippen MR) is 93.3 cm³/mol. The Morgan fingerprint density at radius 2 is 1.92 bits per heavy atom. The average Bonchev–Trinajstić information content (AvgIpc) is 2.99. The number of carbonyl (C=O) groups excluding carboxylic acids is 1. The highest BCUT2D eigenvalue weighted by atomic mass is 35.5. The van der Waals surface area contributed by atoms with Crippen molar-refractivity contribution in [1.29, 1.82) is 0 Å². The van der Waals surface area contributed by atoms with E-state index in [1.54, 1.807) is 23.6 Å². The Hall–Kier alpha value is -1.95. The van der Waals surface area contributed by atoms with Gasteiger partial charge in [-0.3, -0.25) is 4.79 Å². The van der Waals surface area contributed by atoms with Crippen molar-refractivity contribution in [2.75, 3.05) is 0 Å². The van der Waals surface area contributed by atoms with E-state index in [-0.39, 0.29) is 23.0 Å². The Morgan fingerprint density at radius 3 is 2.62 bits per heavy atom. The molecule has 0 radical (unpaired) electrons. The molecule has 0 atom stereocenters. The molecule has 0 saturated carbocycles. The van der Waals surface area contributed by atoms with Gasteiger partial charge in [-0.1, -0.05) is 23.2 Å². The lowest BCUT2D eigenvalue weighted by Crippen LogP contribution is -2.11. The Morgan fingerprint density at radius 1 is 1.17 bits per heavy atom.